The molecule has 96 valence electrons. The van der Waals surface area contributed by atoms with Crippen LogP contribution in [0, 0.1) is 24.7 Å². The Hall–Kier alpha value is -0.870. The third-order valence-corrected chi connectivity index (χ3v) is 5.50. The van der Waals surface area contributed by atoms with Gasteiger partial charge in [0.05, 0.1) is 12.1 Å². The molecular weight excluding hydrogens is 250 g/mol. The van der Waals surface area contributed by atoms with Crippen molar-refractivity contribution in [3.63, 3.8) is 0 Å². The Bertz CT molecular complexity index is 507. The molecule has 1 aromatic heterocycles. The van der Waals surface area contributed by atoms with Gasteiger partial charge in [-0.1, -0.05) is 11.6 Å². The van der Waals surface area contributed by atoms with E-state index in [0.29, 0.717) is 17.0 Å². The molecule has 0 spiro atoms. The predicted molar refractivity (Wildman–Crippen MR) is 68.6 cm³/mol. The maximum absolute atomic E-state index is 10.4. The highest BCUT2D eigenvalue weighted by Gasteiger charge is 2.59. The van der Waals surface area contributed by atoms with Gasteiger partial charge in [0.1, 0.15) is 17.3 Å². The van der Waals surface area contributed by atoms with Crippen molar-refractivity contribution in [2.45, 2.75) is 31.9 Å². The third kappa shape index (κ3) is 1.25. The van der Waals surface area contributed by atoms with E-state index >= 15 is 0 Å². The van der Waals surface area contributed by atoms with Crippen LogP contribution < -0.4 is 4.90 Å². The zero-order valence-corrected chi connectivity index (χ0v) is 11.0. The minimum absolute atomic E-state index is 0.193. The largest absolute Gasteiger partial charge is 0.391 e. The van der Waals surface area contributed by atoms with E-state index in [1.54, 1.807) is 0 Å². The van der Waals surface area contributed by atoms with Crippen LogP contribution in [0.3, 0.4) is 0 Å². The van der Waals surface area contributed by atoms with Gasteiger partial charge in [-0.25, -0.2) is 9.97 Å². The number of aliphatic hydroxyl groups is 1. The highest BCUT2D eigenvalue weighted by atomic mass is 35.5. The lowest BCUT2D eigenvalue weighted by molar-refractivity contribution is 0.0965. The zero-order valence-electron chi connectivity index (χ0n) is 10.3. The number of aliphatic hydroxyl groups excluding tert-OH is 1. The quantitative estimate of drug-likeness (QED) is 0.785. The Labute approximate surface area is 111 Å². The van der Waals surface area contributed by atoms with Crippen molar-refractivity contribution in [3.05, 3.63) is 17.0 Å². The molecule has 4 nitrogen and oxygen atoms in total. The predicted octanol–water partition coefficient (Wildman–Crippen LogP) is 1.64. The van der Waals surface area contributed by atoms with Crippen LogP contribution >= 0.6 is 11.6 Å². The molecule has 1 aliphatic heterocycles. The summed E-state index contributed by atoms with van der Waals surface area (Å²) in [6.45, 7) is 2.97. The van der Waals surface area contributed by atoms with Crippen LogP contribution in [0.5, 0.6) is 0 Å². The van der Waals surface area contributed by atoms with Crippen molar-refractivity contribution in [2.24, 2.45) is 17.8 Å². The average Bonchev–Trinajstić information content (AvgIpc) is 2.94. The number of hydrogen-bond acceptors (Lipinski definition) is 4. The van der Waals surface area contributed by atoms with Crippen LogP contribution in [0.1, 0.15) is 18.4 Å². The second-order valence-electron chi connectivity index (χ2n) is 5.90. The second kappa shape index (κ2) is 3.58. The van der Waals surface area contributed by atoms with Crippen molar-refractivity contribution in [1.82, 2.24) is 9.97 Å². The van der Waals surface area contributed by atoms with Crippen LogP contribution in [0.4, 0.5) is 5.82 Å². The van der Waals surface area contributed by atoms with Crippen LogP contribution in [0.25, 0.3) is 0 Å². The molecular formula is C13H16ClN3O. The highest BCUT2D eigenvalue weighted by molar-refractivity contribution is 6.30. The molecule has 4 rings (SSSR count). The fourth-order valence-electron chi connectivity index (χ4n) is 4.37. The molecule has 5 unspecified atom stereocenters. The Kier molecular flexibility index (Phi) is 2.19. The van der Waals surface area contributed by atoms with E-state index in [1.165, 1.54) is 19.2 Å². The van der Waals surface area contributed by atoms with Gasteiger partial charge in [-0.2, -0.15) is 0 Å². The van der Waals surface area contributed by atoms with Crippen LogP contribution in [0.2, 0.25) is 5.15 Å². The first-order chi connectivity index (χ1) is 8.66. The summed E-state index contributed by atoms with van der Waals surface area (Å²) in [5, 5.41) is 10.9. The summed E-state index contributed by atoms with van der Waals surface area (Å²) in [5.41, 5.74) is 0.927. The molecule has 5 heteroatoms. The first-order valence-electron chi connectivity index (χ1n) is 6.58. The van der Waals surface area contributed by atoms with Crippen molar-refractivity contribution in [1.29, 1.82) is 0 Å². The van der Waals surface area contributed by atoms with Crippen LogP contribution in [-0.2, 0) is 0 Å². The van der Waals surface area contributed by atoms with Gasteiger partial charge in [-0.05, 0) is 37.5 Å². The molecule has 2 bridgehead atoms. The smallest absolute Gasteiger partial charge is 0.137 e. The Balaban J connectivity index is 1.76. The summed E-state index contributed by atoms with van der Waals surface area (Å²) >= 11 is 6.08. The van der Waals surface area contributed by atoms with Crippen molar-refractivity contribution >= 4 is 17.4 Å². The molecule has 2 aliphatic carbocycles. The second-order valence-corrected chi connectivity index (χ2v) is 6.26. The van der Waals surface area contributed by atoms with E-state index in [2.05, 4.69) is 14.9 Å². The molecule has 2 saturated carbocycles. The standard InChI is InChI=1S/C13H16ClN3O/c1-6-12(14)15-5-16-13(6)17-4-8-2-7-3-9(8)10(17)11(7)18/h5,7-11,18H,2-4H2,1H3. The molecule has 1 saturated heterocycles. The van der Waals surface area contributed by atoms with E-state index in [0.717, 1.165) is 23.8 Å². The molecule has 2 heterocycles. The third-order valence-electron chi connectivity index (χ3n) is 5.12. The summed E-state index contributed by atoms with van der Waals surface area (Å²) < 4.78 is 0. The monoisotopic (exact) mass is 265 g/mol. The fourth-order valence-corrected chi connectivity index (χ4v) is 4.50. The average molecular weight is 266 g/mol. The minimum Gasteiger partial charge on any atom is -0.391 e. The molecule has 18 heavy (non-hydrogen) atoms. The lowest BCUT2D eigenvalue weighted by Crippen LogP contribution is -2.41. The van der Waals surface area contributed by atoms with Crippen molar-refractivity contribution in [3.8, 4) is 0 Å². The number of anilines is 1. The van der Waals surface area contributed by atoms with E-state index in [9.17, 15) is 5.11 Å². The summed E-state index contributed by atoms with van der Waals surface area (Å²) in [6, 6.07) is 0.249. The summed E-state index contributed by atoms with van der Waals surface area (Å²) in [6.07, 6.45) is 3.69. The summed E-state index contributed by atoms with van der Waals surface area (Å²) in [5.74, 6) is 2.80. The number of nitrogens with zero attached hydrogens (tertiary/aromatic N) is 3. The van der Waals surface area contributed by atoms with Crippen LogP contribution in [0.15, 0.2) is 6.33 Å². The van der Waals surface area contributed by atoms with Gasteiger partial charge >= 0.3 is 0 Å². The molecule has 3 aliphatic rings. The molecule has 0 amide bonds. The molecule has 5 atom stereocenters. The van der Waals surface area contributed by atoms with Gasteiger partial charge in [0, 0.05) is 12.1 Å². The SMILES string of the molecule is Cc1c(Cl)ncnc1N1CC2CC3CC2C1C3O. The van der Waals surface area contributed by atoms with E-state index < -0.39 is 0 Å². The molecule has 1 N–H and O–H groups in total. The summed E-state index contributed by atoms with van der Waals surface area (Å²) in [7, 11) is 0. The Morgan fingerprint density at radius 1 is 1.33 bits per heavy atom. The van der Waals surface area contributed by atoms with Gasteiger partial charge < -0.3 is 10.0 Å². The molecule has 0 radical (unpaired) electrons. The first kappa shape index (κ1) is 11.0. The molecule has 0 aromatic carbocycles. The highest BCUT2D eigenvalue weighted by Crippen LogP contribution is 2.55. The summed E-state index contributed by atoms with van der Waals surface area (Å²) in [4.78, 5) is 10.7. The molecule has 1 aromatic rings. The first-order valence-corrected chi connectivity index (χ1v) is 6.96. The van der Waals surface area contributed by atoms with Gasteiger partial charge in [0.2, 0.25) is 0 Å². The lowest BCUT2D eigenvalue weighted by atomic mass is 9.88. The van der Waals surface area contributed by atoms with E-state index in [1.807, 2.05) is 6.92 Å². The van der Waals surface area contributed by atoms with Crippen molar-refractivity contribution in [2.75, 3.05) is 11.4 Å². The fraction of sp³-hybridized carbons (Fsp3) is 0.692. The number of aromatic nitrogens is 2. The topological polar surface area (TPSA) is 49.2 Å². The van der Waals surface area contributed by atoms with Gasteiger partial charge in [0.25, 0.3) is 0 Å². The van der Waals surface area contributed by atoms with Gasteiger partial charge in [-0.15, -0.1) is 0 Å². The van der Waals surface area contributed by atoms with Crippen LogP contribution in [-0.4, -0.2) is 33.8 Å². The minimum atomic E-state index is -0.193. The zero-order chi connectivity index (χ0) is 12.4. The van der Waals surface area contributed by atoms with Gasteiger partial charge in [-0.3, -0.25) is 0 Å². The number of hydrogen-bond donors (Lipinski definition) is 1. The molecule has 3 fully saturated rings. The lowest BCUT2D eigenvalue weighted by Gasteiger charge is -2.30. The van der Waals surface area contributed by atoms with Gasteiger partial charge in [0.15, 0.2) is 0 Å². The van der Waals surface area contributed by atoms with Crippen molar-refractivity contribution < 1.29 is 5.11 Å². The maximum atomic E-state index is 10.4. The number of halogens is 1. The normalized spacial score (nSPS) is 40.8. The number of rotatable bonds is 1. The van der Waals surface area contributed by atoms with E-state index in [-0.39, 0.29) is 12.1 Å². The maximum Gasteiger partial charge on any atom is 0.137 e. The number of fused-ring (bicyclic) bond motifs is 1. The Morgan fingerprint density at radius 2 is 2.17 bits per heavy atom. The van der Waals surface area contributed by atoms with E-state index in [4.69, 9.17) is 11.6 Å². The Morgan fingerprint density at radius 3 is 2.94 bits per heavy atom.